The van der Waals surface area contributed by atoms with E-state index in [0.717, 1.165) is 30.6 Å². The number of aliphatic hydroxyl groups excluding tert-OH is 1. The molecule has 6 aliphatic rings. The molecule has 6 rings (SSSR count). The Morgan fingerprint density at radius 2 is 1.73 bits per heavy atom. The monoisotopic (exact) mass is 454 g/mol. The maximum Gasteiger partial charge on any atom is 0.152 e. The van der Waals surface area contributed by atoms with Gasteiger partial charge in [0.05, 0.1) is 18.3 Å². The van der Waals surface area contributed by atoms with E-state index in [2.05, 4.69) is 34.6 Å². The molecule has 1 heterocycles. The van der Waals surface area contributed by atoms with Crippen LogP contribution in [0.1, 0.15) is 92.9 Å². The minimum Gasteiger partial charge on any atom is -0.393 e. The van der Waals surface area contributed by atoms with Crippen molar-refractivity contribution in [3.63, 3.8) is 0 Å². The van der Waals surface area contributed by atoms with E-state index >= 15 is 0 Å². The van der Waals surface area contributed by atoms with Crippen molar-refractivity contribution in [3.05, 3.63) is 12.2 Å². The molecule has 1 aliphatic heterocycles. The molecular weight excluding hydrogens is 408 g/mol. The lowest BCUT2D eigenvalue weighted by atomic mass is 9.46. The summed E-state index contributed by atoms with van der Waals surface area (Å²) in [4.78, 5) is 11.5. The van der Waals surface area contributed by atoms with E-state index in [4.69, 9.17) is 4.74 Å². The minimum atomic E-state index is -0.132. The molecule has 6 fully saturated rings. The molecular formula is C30H46O3. The number of hydrogen-bond donors (Lipinski definition) is 1. The van der Waals surface area contributed by atoms with Gasteiger partial charge in [-0.1, -0.05) is 40.7 Å². The Morgan fingerprint density at radius 1 is 0.970 bits per heavy atom. The highest BCUT2D eigenvalue weighted by Gasteiger charge is 2.84. The maximum atomic E-state index is 11.5. The predicted molar refractivity (Wildman–Crippen MR) is 130 cm³/mol. The molecule has 3 nitrogen and oxygen atoms in total. The van der Waals surface area contributed by atoms with Crippen molar-refractivity contribution in [1.82, 2.24) is 0 Å². The second kappa shape index (κ2) is 6.96. The number of fused-ring (bicyclic) bond motifs is 4. The number of ketones is 1. The topological polar surface area (TPSA) is 46.5 Å². The molecule has 0 bridgehead atoms. The molecule has 0 amide bonds. The van der Waals surface area contributed by atoms with Gasteiger partial charge in [-0.05, 0) is 122 Å². The van der Waals surface area contributed by atoms with Crippen LogP contribution in [0.5, 0.6) is 0 Å². The molecule has 0 aromatic rings. The van der Waals surface area contributed by atoms with Gasteiger partial charge in [-0.2, -0.15) is 0 Å². The number of carbonyl (C=O) groups is 1. The average Bonchev–Trinajstić information content (AvgIpc) is 3.11. The zero-order valence-corrected chi connectivity index (χ0v) is 21.8. The van der Waals surface area contributed by atoms with Gasteiger partial charge in [0.25, 0.3) is 0 Å². The van der Waals surface area contributed by atoms with Crippen LogP contribution in [-0.4, -0.2) is 29.2 Å². The van der Waals surface area contributed by atoms with Crippen LogP contribution in [0.25, 0.3) is 0 Å². The zero-order valence-electron chi connectivity index (χ0n) is 21.8. The lowest BCUT2D eigenvalue weighted by Crippen LogP contribution is -2.54. The van der Waals surface area contributed by atoms with Crippen molar-refractivity contribution in [1.29, 1.82) is 0 Å². The third kappa shape index (κ3) is 2.62. The molecule has 0 aromatic carbocycles. The lowest BCUT2D eigenvalue weighted by molar-refractivity contribution is -0.139. The summed E-state index contributed by atoms with van der Waals surface area (Å²) in [7, 11) is 0. The number of hydrogen-bond acceptors (Lipinski definition) is 3. The smallest absolute Gasteiger partial charge is 0.152 e. The van der Waals surface area contributed by atoms with Crippen LogP contribution < -0.4 is 0 Å². The van der Waals surface area contributed by atoms with Gasteiger partial charge in [0.15, 0.2) is 5.78 Å². The molecule has 0 aromatic heterocycles. The molecule has 3 heteroatoms. The molecule has 33 heavy (non-hydrogen) atoms. The summed E-state index contributed by atoms with van der Waals surface area (Å²) in [5, 5.41) is 10.9. The van der Waals surface area contributed by atoms with Crippen molar-refractivity contribution in [3.8, 4) is 0 Å². The highest BCUT2D eigenvalue weighted by Crippen LogP contribution is 2.89. The van der Waals surface area contributed by atoms with Gasteiger partial charge in [-0.25, -0.2) is 0 Å². The van der Waals surface area contributed by atoms with Gasteiger partial charge in [0, 0.05) is 0 Å². The lowest BCUT2D eigenvalue weighted by Gasteiger charge is -2.59. The van der Waals surface area contributed by atoms with Crippen LogP contribution in [0.3, 0.4) is 0 Å². The van der Waals surface area contributed by atoms with E-state index in [-0.39, 0.29) is 23.4 Å². The van der Waals surface area contributed by atoms with Crippen molar-refractivity contribution in [2.75, 3.05) is 0 Å². The SMILES string of the molecule is CC(=O)C=CC1CC(C)C2C(CC3C4CCC5C(C)(C)C(O)CCC56C(C)C46CCC32C)O1. The number of rotatable bonds is 2. The highest BCUT2D eigenvalue weighted by atomic mass is 16.5. The Hall–Kier alpha value is -0.670. The fourth-order valence-electron chi connectivity index (χ4n) is 12.0. The Morgan fingerprint density at radius 3 is 2.45 bits per heavy atom. The van der Waals surface area contributed by atoms with E-state index in [1.807, 2.05) is 6.08 Å². The van der Waals surface area contributed by atoms with E-state index in [1.165, 1.54) is 38.5 Å². The van der Waals surface area contributed by atoms with E-state index in [9.17, 15) is 9.90 Å². The third-order valence-corrected chi connectivity index (χ3v) is 13.1. The van der Waals surface area contributed by atoms with Crippen LogP contribution in [-0.2, 0) is 9.53 Å². The first kappa shape index (κ1) is 22.8. The second-order valence-electron chi connectivity index (χ2n) is 14.2. The number of ether oxygens (including phenoxy) is 1. The summed E-state index contributed by atoms with van der Waals surface area (Å²) in [5.41, 5.74) is 1.45. The van der Waals surface area contributed by atoms with Crippen molar-refractivity contribution in [2.45, 2.75) is 111 Å². The number of aliphatic hydroxyl groups is 1. The molecule has 2 spiro atoms. The van der Waals surface area contributed by atoms with Crippen LogP contribution in [0, 0.1) is 57.2 Å². The van der Waals surface area contributed by atoms with Gasteiger partial charge in [0.2, 0.25) is 0 Å². The Bertz CT molecular complexity index is 876. The van der Waals surface area contributed by atoms with Crippen molar-refractivity contribution >= 4 is 5.78 Å². The molecule has 1 N–H and O–H groups in total. The summed E-state index contributed by atoms with van der Waals surface area (Å²) in [6.45, 7) is 14.0. The standard InChI is InChI=1S/C30H46O3/c1-17-15-20(8-7-18(2)31)33-23-16-22-21-9-10-24-27(4,5)25(32)11-12-30(24)19(3)29(21,30)14-13-28(22,6)26(17)23/h7-8,17,19-26,32H,9-16H2,1-6H3. The van der Waals surface area contributed by atoms with Crippen LogP contribution in [0.15, 0.2) is 12.2 Å². The summed E-state index contributed by atoms with van der Waals surface area (Å²) < 4.78 is 6.72. The van der Waals surface area contributed by atoms with Crippen molar-refractivity contribution in [2.24, 2.45) is 57.2 Å². The largest absolute Gasteiger partial charge is 0.393 e. The number of allylic oxidation sites excluding steroid dienone is 1. The van der Waals surface area contributed by atoms with E-state index in [0.29, 0.717) is 40.1 Å². The van der Waals surface area contributed by atoms with Crippen LogP contribution >= 0.6 is 0 Å². The zero-order chi connectivity index (χ0) is 23.6. The maximum absolute atomic E-state index is 11.5. The first-order chi connectivity index (χ1) is 15.5. The van der Waals surface area contributed by atoms with Gasteiger partial charge < -0.3 is 9.84 Å². The fourth-order valence-corrected chi connectivity index (χ4v) is 12.0. The van der Waals surface area contributed by atoms with Gasteiger partial charge >= 0.3 is 0 Å². The molecule has 5 aliphatic carbocycles. The molecule has 1 saturated heterocycles. The molecule has 0 radical (unpaired) electrons. The number of carbonyl (C=O) groups excluding carboxylic acids is 1. The normalized spacial score (nSPS) is 58.6. The molecule has 12 unspecified atom stereocenters. The average molecular weight is 455 g/mol. The Balaban J connectivity index is 1.31. The van der Waals surface area contributed by atoms with Crippen LogP contribution in [0.2, 0.25) is 0 Å². The van der Waals surface area contributed by atoms with Crippen LogP contribution in [0.4, 0.5) is 0 Å². The molecule has 12 atom stereocenters. The Kier molecular flexibility index (Phi) is 4.81. The summed E-state index contributed by atoms with van der Waals surface area (Å²) in [6, 6.07) is 0. The predicted octanol–water partition coefficient (Wildman–Crippen LogP) is 6.19. The van der Waals surface area contributed by atoms with E-state index in [1.54, 1.807) is 13.0 Å². The quantitative estimate of drug-likeness (QED) is 0.506. The third-order valence-electron chi connectivity index (χ3n) is 13.1. The molecule has 5 saturated carbocycles. The summed E-state index contributed by atoms with van der Waals surface area (Å²) in [6.07, 6.45) is 14.0. The van der Waals surface area contributed by atoms with Gasteiger partial charge in [0.1, 0.15) is 0 Å². The minimum absolute atomic E-state index is 0.0548. The first-order valence-corrected chi connectivity index (χ1v) is 14.0. The fraction of sp³-hybridized carbons (Fsp3) is 0.900. The van der Waals surface area contributed by atoms with E-state index < -0.39 is 0 Å². The van der Waals surface area contributed by atoms with Gasteiger partial charge in [-0.15, -0.1) is 0 Å². The summed E-state index contributed by atoms with van der Waals surface area (Å²) >= 11 is 0. The van der Waals surface area contributed by atoms with Crippen molar-refractivity contribution < 1.29 is 14.6 Å². The highest BCUT2D eigenvalue weighted by molar-refractivity contribution is 5.87. The Labute approximate surface area is 201 Å². The summed E-state index contributed by atoms with van der Waals surface area (Å²) in [5.74, 6) is 4.54. The van der Waals surface area contributed by atoms with Gasteiger partial charge in [-0.3, -0.25) is 4.79 Å². The second-order valence-corrected chi connectivity index (χ2v) is 14.2. The molecule has 184 valence electrons. The first-order valence-electron chi connectivity index (χ1n) is 14.0.